The van der Waals surface area contributed by atoms with E-state index >= 15 is 0 Å². The predicted molar refractivity (Wildman–Crippen MR) is 44.3 cm³/mol. The van der Waals surface area contributed by atoms with Crippen LogP contribution < -0.4 is 5.32 Å². The summed E-state index contributed by atoms with van der Waals surface area (Å²) in [6.45, 7) is 5.93. The molecule has 0 heterocycles. The molecule has 0 aromatic carbocycles. The highest BCUT2D eigenvalue weighted by Gasteiger charge is 1.98. The number of rotatable bonds is 5. The number of nitrogens with one attached hydrogen (secondary N) is 1. The molecule has 1 N–H and O–H groups in total. The van der Waals surface area contributed by atoms with Crippen LogP contribution in [-0.4, -0.2) is 26.2 Å². The summed E-state index contributed by atoms with van der Waals surface area (Å²) in [5, 5.41) is 3.15. The van der Waals surface area contributed by atoms with Crippen molar-refractivity contribution in [3.05, 3.63) is 0 Å². The van der Waals surface area contributed by atoms with Crippen LogP contribution in [0.2, 0.25) is 0 Å². The van der Waals surface area contributed by atoms with Crippen molar-refractivity contribution in [3.63, 3.8) is 0 Å². The number of methoxy groups -OCH3 is 1. The Balaban J connectivity index is 3.08. The average Bonchev–Trinajstić information content (AvgIpc) is 1.97. The Labute approximate surface area is 68.1 Å². The highest BCUT2D eigenvalue weighted by molar-refractivity contribution is 5.69. The molecule has 0 spiro atoms. The Hall–Kier alpha value is -0.570. The molecule has 0 amide bonds. The van der Waals surface area contributed by atoms with E-state index in [1.807, 2.05) is 0 Å². The topological polar surface area (TPSA) is 38.3 Å². The Morgan fingerprint density at radius 1 is 1.55 bits per heavy atom. The summed E-state index contributed by atoms with van der Waals surface area (Å²) in [6, 6.07) is 0. The van der Waals surface area contributed by atoms with E-state index in [0.29, 0.717) is 18.9 Å². The van der Waals surface area contributed by atoms with E-state index in [0.717, 1.165) is 6.54 Å². The summed E-state index contributed by atoms with van der Waals surface area (Å²) >= 11 is 0. The van der Waals surface area contributed by atoms with Crippen molar-refractivity contribution in [2.24, 2.45) is 5.92 Å². The zero-order valence-electron chi connectivity index (χ0n) is 7.52. The van der Waals surface area contributed by atoms with Crippen LogP contribution in [0.1, 0.15) is 20.3 Å². The van der Waals surface area contributed by atoms with Gasteiger partial charge in [0, 0.05) is 6.54 Å². The van der Waals surface area contributed by atoms with Crippen molar-refractivity contribution >= 4 is 5.97 Å². The van der Waals surface area contributed by atoms with Gasteiger partial charge in [0.05, 0.1) is 13.5 Å². The zero-order valence-corrected chi connectivity index (χ0v) is 7.52. The molecule has 0 atom stereocenters. The van der Waals surface area contributed by atoms with E-state index < -0.39 is 0 Å². The van der Waals surface area contributed by atoms with E-state index in [4.69, 9.17) is 0 Å². The first-order valence-corrected chi connectivity index (χ1v) is 3.94. The van der Waals surface area contributed by atoms with Crippen molar-refractivity contribution in [2.75, 3.05) is 20.2 Å². The second kappa shape index (κ2) is 6.16. The summed E-state index contributed by atoms with van der Waals surface area (Å²) in [7, 11) is 1.41. The smallest absolute Gasteiger partial charge is 0.306 e. The third kappa shape index (κ3) is 7.33. The Morgan fingerprint density at radius 2 is 2.18 bits per heavy atom. The molecule has 3 heteroatoms. The maximum Gasteiger partial charge on any atom is 0.306 e. The lowest BCUT2D eigenvalue weighted by Crippen LogP contribution is -2.22. The van der Waals surface area contributed by atoms with Crippen molar-refractivity contribution in [1.82, 2.24) is 5.32 Å². The first-order valence-electron chi connectivity index (χ1n) is 3.94. The Morgan fingerprint density at radius 3 is 2.64 bits per heavy atom. The fourth-order valence-electron chi connectivity index (χ4n) is 0.683. The molecule has 66 valence electrons. The van der Waals surface area contributed by atoms with Crippen molar-refractivity contribution in [3.8, 4) is 0 Å². The minimum absolute atomic E-state index is 0.152. The van der Waals surface area contributed by atoms with Gasteiger partial charge in [0.15, 0.2) is 0 Å². The van der Waals surface area contributed by atoms with Gasteiger partial charge in [0.25, 0.3) is 0 Å². The number of carbonyl (C=O) groups excluding carboxylic acids is 1. The molecule has 0 saturated heterocycles. The number of carbonyl (C=O) groups is 1. The van der Waals surface area contributed by atoms with Gasteiger partial charge >= 0.3 is 5.97 Å². The fraction of sp³-hybridized carbons (Fsp3) is 0.875. The van der Waals surface area contributed by atoms with Crippen molar-refractivity contribution < 1.29 is 9.53 Å². The summed E-state index contributed by atoms with van der Waals surface area (Å²) in [5.74, 6) is 0.480. The normalized spacial score (nSPS) is 10.2. The highest BCUT2D eigenvalue weighted by Crippen LogP contribution is 1.87. The van der Waals surface area contributed by atoms with Gasteiger partial charge in [-0.1, -0.05) is 13.8 Å². The van der Waals surface area contributed by atoms with Gasteiger partial charge in [-0.15, -0.1) is 0 Å². The van der Waals surface area contributed by atoms with Crippen LogP contribution in [0.3, 0.4) is 0 Å². The van der Waals surface area contributed by atoms with Crippen LogP contribution in [0.25, 0.3) is 0 Å². The summed E-state index contributed by atoms with van der Waals surface area (Å²) in [4.78, 5) is 10.6. The van der Waals surface area contributed by atoms with Crippen molar-refractivity contribution in [2.45, 2.75) is 20.3 Å². The van der Waals surface area contributed by atoms with Gasteiger partial charge in [-0.05, 0) is 12.5 Å². The Bertz CT molecular complexity index is 113. The molecule has 0 unspecified atom stereocenters. The van der Waals surface area contributed by atoms with Gasteiger partial charge in [-0.3, -0.25) is 4.79 Å². The molecule has 0 fully saturated rings. The SMILES string of the molecule is COC(=O)CCNCC(C)C. The molecular weight excluding hydrogens is 142 g/mol. The van der Waals surface area contributed by atoms with Crippen LogP contribution >= 0.6 is 0 Å². The van der Waals surface area contributed by atoms with Crippen molar-refractivity contribution in [1.29, 1.82) is 0 Å². The largest absolute Gasteiger partial charge is 0.469 e. The molecule has 0 aliphatic heterocycles. The second-order valence-corrected chi connectivity index (χ2v) is 2.92. The molecule has 0 aromatic heterocycles. The number of ether oxygens (including phenoxy) is 1. The first kappa shape index (κ1) is 10.4. The lowest BCUT2D eigenvalue weighted by atomic mass is 10.2. The van der Waals surface area contributed by atoms with Crippen LogP contribution in [0, 0.1) is 5.92 Å². The van der Waals surface area contributed by atoms with Crippen LogP contribution in [0.5, 0.6) is 0 Å². The summed E-state index contributed by atoms with van der Waals surface area (Å²) in [6.07, 6.45) is 0.462. The minimum Gasteiger partial charge on any atom is -0.469 e. The molecule has 0 rings (SSSR count). The predicted octanol–water partition coefficient (Wildman–Crippen LogP) is 0.795. The van der Waals surface area contributed by atoms with Crippen LogP contribution in [-0.2, 0) is 9.53 Å². The van der Waals surface area contributed by atoms with Gasteiger partial charge in [-0.2, -0.15) is 0 Å². The van der Waals surface area contributed by atoms with E-state index in [1.165, 1.54) is 7.11 Å². The summed E-state index contributed by atoms with van der Waals surface area (Å²) in [5.41, 5.74) is 0. The Kier molecular flexibility index (Phi) is 5.84. The lowest BCUT2D eigenvalue weighted by molar-refractivity contribution is -0.140. The molecule has 0 aliphatic rings. The van der Waals surface area contributed by atoms with E-state index in [-0.39, 0.29) is 5.97 Å². The third-order valence-electron chi connectivity index (χ3n) is 1.29. The number of hydrogen-bond acceptors (Lipinski definition) is 3. The van der Waals surface area contributed by atoms with Crippen LogP contribution in [0.15, 0.2) is 0 Å². The van der Waals surface area contributed by atoms with E-state index in [9.17, 15) is 4.79 Å². The second-order valence-electron chi connectivity index (χ2n) is 2.92. The maximum atomic E-state index is 10.6. The molecule has 11 heavy (non-hydrogen) atoms. The lowest BCUT2D eigenvalue weighted by Gasteiger charge is -2.05. The van der Waals surface area contributed by atoms with Gasteiger partial charge in [0.1, 0.15) is 0 Å². The quantitative estimate of drug-likeness (QED) is 0.476. The fourth-order valence-corrected chi connectivity index (χ4v) is 0.683. The molecular formula is C8H17NO2. The van der Waals surface area contributed by atoms with Gasteiger partial charge < -0.3 is 10.1 Å². The number of esters is 1. The third-order valence-corrected chi connectivity index (χ3v) is 1.29. The van der Waals surface area contributed by atoms with E-state index in [2.05, 4.69) is 23.9 Å². The van der Waals surface area contributed by atoms with E-state index in [1.54, 1.807) is 0 Å². The monoisotopic (exact) mass is 159 g/mol. The molecule has 0 radical (unpaired) electrons. The zero-order chi connectivity index (χ0) is 8.69. The molecule has 0 bridgehead atoms. The molecule has 3 nitrogen and oxygen atoms in total. The maximum absolute atomic E-state index is 10.6. The highest BCUT2D eigenvalue weighted by atomic mass is 16.5. The molecule has 0 aliphatic carbocycles. The average molecular weight is 159 g/mol. The minimum atomic E-state index is -0.152. The molecule has 0 saturated carbocycles. The summed E-state index contributed by atoms with van der Waals surface area (Å²) < 4.78 is 4.48. The number of hydrogen-bond donors (Lipinski definition) is 1. The molecule has 0 aromatic rings. The van der Waals surface area contributed by atoms with Gasteiger partial charge in [0.2, 0.25) is 0 Å². The van der Waals surface area contributed by atoms with Crippen LogP contribution in [0.4, 0.5) is 0 Å². The first-order chi connectivity index (χ1) is 5.16. The standard InChI is InChI=1S/C8H17NO2/c1-7(2)6-9-5-4-8(10)11-3/h7,9H,4-6H2,1-3H3. The van der Waals surface area contributed by atoms with Gasteiger partial charge in [-0.25, -0.2) is 0 Å².